The molecule has 6 aliphatic rings. The van der Waals surface area contributed by atoms with Gasteiger partial charge in [-0.2, -0.15) is 0 Å². The number of carbonyl (C=O) groups is 5. The van der Waals surface area contributed by atoms with Gasteiger partial charge in [0.05, 0.1) is 35.0 Å². The van der Waals surface area contributed by atoms with Gasteiger partial charge in [-0.1, -0.05) is 12.1 Å². The lowest BCUT2D eigenvalue weighted by Gasteiger charge is -2.53. The van der Waals surface area contributed by atoms with Gasteiger partial charge in [-0.05, 0) is 77.0 Å². The molecule has 0 spiro atoms. The Kier molecular flexibility index (Phi) is 8.34. The van der Waals surface area contributed by atoms with E-state index in [2.05, 4.69) is 0 Å². The lowest BCUT2D eigenvalue weighted by molar-refractivity contribution is -0.237. The summed E-state index contributed by atoms with van der Waals surface area (Å²) in [4.78, 5) is 65.5. The molecule has 1 aromatic rings. The van der Waals surface area contributed by atoms with Crippen molar-refractivity contribution in [2.45, 2.75) is 113 Å². The summed E-state index contributed by atoms with van der Waals surface area (Å²) in [5.41, 5.74) is -7.64. The number of ketones is 5. The molecule has 3 N–H and O–H groups in total. The van der Waals surface area contributed by atoms with Gasteiger partial charge in [0.25, 0.3) is 0 Å². The summed E-state index contributed by atoms with van der Waals surface area (Å²) < 4.78 is 29.4. The van der Waals surface area contributed by atoms with Crippen molar-refractivity contribution < 1.29 is 63.0 Å². The van der Waals surface area contributed by atoms with E-state index in [1.54, 1.807) is 33.8 Å². The third kappa shape index (κ3) is 5.39. The van der Waals surface area contributed by atoms with Crippen LogP contribution >= 0.6 is 0 Å². The second-order valence-corrected chi connectivity index (χ2v) is 14.1. The number of Topliss-reactive ketones (excluding diaryl/α,β-unsaturated/α-hetero) is 3. The van der Waals surface area contributed by atoms with E-state index in [0.717, 1.165) is 6.08 Å². The Morgan fingerprint density at radius 3 is 2.16 bits per heavy atom. The van der Waals surface area contributed by atoms with Crippen molar-refractivity contribution in [2.75, 3.05) is 0 Å². The third-order valence-electron chi connectivity index (χ3n) is 10.5. The first kappa shape index (κ1) is 34.5. The quantitative estimate of drug-likeness (QED) is 0.409. The van der Waals surface area contributed by atoms with Crippen molar-refractivity contribution in [3.05, 3.63) is 76.4 Å². The molecule has 0 bridgehead atoms. The monoisotopic (exact) mass is 690 g/mol. The van der Waals surface area contributed by atoms with Gasteiger partial charge in [0.15, 0.2) is 47.1 Å². The number of phenols is 1. The number of benzene rings is 1. The SMILES string of the molecule is CC1OC(OC2CCC(c3ccc4c(c3O)C(=O)C3=C(C4=O)[C@@]4(O)C(=O)C[C@](C)(OC5C=CC(=O)C(C)O5)C[C@@]4(O)C=C3)OC2C)C=CC1=O. The van der Waals surface area contributed by atoms with Crippen molar-refractivity contribution >= 4 is 28.9 Å². The number of carbonyl (C=O) groups excluding carboxylic acids is 5. The van der Waals surface area contributed by atoms with Gasteiger partial charge in [-0.15, -0.1) is 0 Å². The summed E-state index contributed by atoms with van der Waals surface area (Å²) in [5.74, 6) is -3.50. The molecule has 0 radical (unpaired) electrons. The summed E-state index contributed by atoms with van der Waals surface area (Å²) in [6, 6.07) is 2.82. The van der Waals surface area contributed by atoms with E-state index in [0.29, 0.717) is 12.8 Å². The molecule has 1 aromatic carbocycles. The van der Waals surface area contributed by atoms with Gasteiger partial charge in [0.1, 0.15) is 23.6 Å². The highest BCUT2D eigenvalue weighted by atomic mass is 16.7. The Bertz CT molecular complexity index is 1840. The Hall–Kier alpha value is -3.95. The first-order valence-electron chi connectivity index (χ1n) is 16.7. The van der Waals surface area contributed by atoms with Crippen LogP contribution in [0, 0.1) is 0 Å². The fourth-order valence-corrected chi connectivity index (χ4v) is 7.83. The molecule has 10 atom stereocenters. The van der Waals surface area contributed by atoms with Gasteiger partial charge >= 0.3 is 0 Å². The standard InChI is InChI=1S/C37H38O13/c1-17-23(38)7-11-28(47-17)49-25-9-10-26(46-19(25)3)20-5-6-21-30(32(20)41)33(42)22-13-14-36(44)16-35(4,50-29-12-8-24(39)18(2)48-29)15-27(40)37(36,45)31(22)34(21)43/h5-8,11-14,17-19,25-26,28-29,41,44-45H,9-10,15-16H2,1-4H3/t17?,18?,19?,25?,26?,28?,29?,35-,36-,37-/m0/s1. The number of fused-ring (bicyclic) bond motifs is 3. The van der Waals surface area contributed by atoms with Crippen LogP contribution in [-0.4, -0.2) is 98.0 Å². The first-order valence-corrected chi connectivity index (χ1v) is 16.7. The maximum absolute atomic E-state index is 14.1. The molecule has 13 nitrogen and oxygen atoms in total. The Morgan fingerprint density at radius 1 is 0.840 bits per heavy atom. The van der Waals surface area contributed by atoms with Gasteiger partial charge < -0.3 is 39.0 Å². The minimum Gasteiger partial charge on any atom is -0.507 e. The van der Waals surface area contributed by atoms with Crippen LogP contribution in [0.1, 0.15) is 85.8 Å². The van der Waals surface area contributed by atoms with Crippen LogP contribution in [-0.2, 0) is 38.1 Å². The number of hydrogen-bond donors (Lipinski definition) is 3. The summed E-state index contributed by atoms with van der Waals surface area (Å²) in [7, 11) is 0. The maximum atomic E-state index is 14.1. The van der Waals surface area contributed by atoms with Crippen LogP contribution in [0.3, 0.4) is 0 Å². The highest BCUT2D eigenvalue weighted by Gasteiger charge is 2.67. The van der Waals surface area contributed by atoms with Crippen LogP contribution in [0.15, 0.2) is 59.7 Å². The molecular weight excluding hydrogens is 652 g/mol. The van der Waals surface area contributed by atoms with E-state index in [-0.39, 0.29) is 46.4 Å². The van der Waals surface area contributed by atoms with Gasteiger partial charge in [0, 0.05) is 29.5 Å². The lowest BCUT2D eigenvalue weighted by atomic mass is 9.57. The zero-order valence-corrected chi connectivity index (χ0v) is 27.9. The van der Waals surface area contributed by atoms with Crippen molar-refractivity contribution in [3.63, 3.8) is 0 Å². The summed E-state index contributed by atoms with van der Waals surface area (Å²) in [6.45, 7) is 6.54. The zero-order chi connectivity index (χ0) is 35.9. The zero-order valence-electron chi connectivity index (χ0n) is 27.9. The normalized spacial score (nSPS) is 39.8. The van der Waals surface area contributed by atoms with Crippen LogP contribution in [0.5, 0.6) is 5.75 Å². The summed E-state index contributed by atoms with van der Waals surface area (Å²) in [5, 5.41) is 35.3. The number of allylic oxidation sites excluding steroid dienone is 2. The molecule has 0 aromatic heterocycles. The van der Waals surface area contributed by atoms with Crippen LogP contribution in [0.25, 0.3) is 0 Å². The van der Waals surface area contributed by atoms with Crippen LogP contribution < -0.4 is 0 Å². The Labute approximate surface area is 287 Å². The van der Waals surface area contributed by atoms with E-state index < -0.39 is 88.9 Å². The van der Waals surface area contributed by atoms with Crippen molar-refractivity contribution in [1.29, 1.82) is 0 Å². The predicted octanol–water partition coefficient (Wildman–Crippen LogP) is 2.60. The number of aliphatic hydroxyl groups is 2. The number of ether oxygens (including phenoxy) is 5. The second-order valence-electron chi connectivity index (χ2n) is 14.1. The first-order chi connectivity index (χ1) is 23.5. The fraction of sp³-hybridized carbons (Fsp3) is 0.486. The molecule has 1 saturated heterocycles. The molecule has 0 amide bonds. The molecule has 1 saturated carbocycles. The predicted molar refractivity (Wildman–Crippen MR) is 171 cm³/mol. The Balaban J connectivity index is 1.12. The maximum Gasteiger partial charge on any atom is 0.198 e. The fourth-order valence-electron chi connectivity index (χ4n) is 7.83. The molecule has 2 fully saturated rings. The van der Waals surface area contributed by atoms with Crippen LogP contribution in [0.2, 0.25) is 0 Å². The minimum atomic E-state index is -2.79. The van der Waals surface area contributed by atoms with E-state index in [1.165, 1.54) is 36.4 Å². The minimum absolute atomic E-state index is 0.151. The number of hydrogen-bond acceptors (Lipinski definition) is 13. The molecule has 264 valence electrons. The molecular formula is C37H38O13. The average Bonchev–Trinajstić information content (AvgIpc) is 3.05. The van der Waals surface area contributed by atoms with Gasteiger partial charge in [-0.3, -0.25) is 24.0 Å². The lowest BCUT2D eigenvalue weighted by Crippen LogP contribution is -2.69. The number of rotatable bonds is 5. The molecule has 13 heteroatoms. The van der Waals surface area contributed by atoms with Gasteiger partial charge in [0.2, 0.25) is 0 Å². The largest absolute Gasteiger partial charge is 0.507 e. The van der Waals surface area contributed by atoms with E-state index >= 15 is 0 Å². The van der Waals surface area contributed by atoms with Crippen molar-refractivity contribution in [2.24, 2.45) is 0 Å². The second kappa shape index (κ2) is 12.1. The summed E-state index contributed by atoms with van der Waals surface area (Å²) >= 11 is 0. The van der Waals surface area contributed by atoms with E-state index in [9.17, 15) is 39.3 Å². The smallest absolute Gasteiger partial charge is 0.198 e. The van der Waals surface area contributed by atoms with E-state index in [4.69, 9.17) is 23.7 Å². The molecule has 3 aliphatic carbocycles. The third-order valence-corrected chi connectivity index (χ3v) is 10.5. The molecule has 7 rings (SSSR count). The molecule has 3 aliphatic heterocycles. The highest BCUT2D eigenvalue weighted by molar-refractivity contribution is 6.32. The Morgan fingerprint density at radius 2 is 1.50 bits per heavy atom. The summed E-state index contributed by atoms with van der Waals surface area (Å²) in [6.07, 6.45) is 3.40. The molecule has 7 unspecified atom stereocenters. The van der Waals surface area contributed by atoms with E-state index in [1.807, 2.05) is 0 Å². The number of phenolic OH excluding ortho intramolecular Hbond substituents is 1. The van der Waals surface area contributed by atoms with Crippen molar-refractivity contribution in [3.8, 4) is 5.75 Å². The van der Waals surface area contributed by atoms with Gasteiger partial charge in [-0.25, -0.2) is 0 Å². The molecule has 50 heavy (non-hydrogen) atoms. The van der Waals surface area contributed by atoms with Crippen LogP contribution in [0.4, 0.5) is 0 Å². The topological polar surface area (TPSA) is 192 Å². The highest BCUT2D eigenvalue weighted by Crippen LogP contribution is 2.53. The molecule has 3 heterocycles. The van der Waals surface area contributed by atoms with Crippen molar-refractivity contribution in [1.82, 2.24) is 0 Å². The average molecular weight is 691 g/mol. The number of aromatic hydroxyl groups is 1.